The Morgan fingerprint density at radius 2 is 0.559 bits per heavy atom. The van der Waals surface area contributed by atoms with Gasteiger partial charge in [-0.2, -0.15) is 0 Å². The molecule has 1 atom stereocenters. The minimum absolute atomic E-state index is 0.0173. The lowest BCUT2D eigenvalue weighted by Gasteiger charge is -2.12. The molecular formula is C64H124O4. The van der Waals surface area contributed by atoms with Gasteiger partial charge in [0.15, 0.2) is 0 Å². The van der Waals surface area contributed by atoms with E-state index >= 15 is 0 Å². The number of unbranched alkanes of at least 4 members (excludes halogenated alkanes) is 43. The number of carbonyl (C=O) groups excluding carboxylic acids is 1. The molecule has 1 unspecified atom stereocenters. The number of hydrogen-bond donors (Lipinski definition) is 1. The molecule has 0 aromatic rings. The fourth-order valence-electron chi connectivity index (χ4n) is 9.45. The summed E-state index contributed by atoms with van der Waals surface area (Å²) in [6.45, 7) is 9.72. The van der Waals surface area contributed by atoms with Crippen LogP contribution in [-0.2, 0) is 14.3 Å². The standard InChI is InChI=1S/2C32H62O2/c1-3-5-7-9-11-13-15-16-17-18-19-20-22-24-26-28-30-31(32(33)34)29-27-25-23-21-14-12-10-8-6-4-2;1-3-5-7-9-11-13-15-16-17-18-19-21-23-25-27-29-31-34-32(33)30-28-26-24-22-20-14-12-10-8-6-4-2/h16-17,31H,3-15,18-30H2,1-2H3,(H,33,34);16-17H,3-15,18-31H2,1-2H3/b2*17-16-. The third-order valence-corrected chi connectivity index (χ3v) is 14.2. The number of carboxylic acids is 1. The smallest absolute Gasteiger partial charge is 0.306 e. The van der Waals surface area contributed by atoms with Crippen molar-refractivity contribution in [3.63, 3.8) is 0 Å². The molecule has 4 nitrogen and oxygen atoms in total. The van der Waals surface area contributed by atoms with Crippen LogP contribution in [0.3, 0.4) is 0 Å². The third kappa shape index (κ3) is 62.4. The van der Waals surface area contributed by atoms with Crippen molar-refractivity contribution in [2.75, 3.05) is 6.61 Å². The van der Waals surface area contributed by atoms with Gasteiger partial charge in [0.1, 0.15) is 0 Å². The summed E-state index contributed by atoms with van der Waals surface area (Å²) in [5.74, 6) is -0.654. The van der Waals surface area contributed by atoms with E-state index < -0.39 is 5.97 Å². The molecule has 0 radical (unpaired) electrons. The third-order valence-electron chi connectivity index (χ3n) is 14.2. The highest BCUT2D eigenvalue weighted by Gasteiger charge is 2.16. The van der Waals surface area contributed by atoms with E-state index in [2.05, 4.69) is 52.0 Å². The first kappa shape index (κ1) is 68.5. The molecule has 0 aromatic carbocycles. The van der Waals surface area contributed by atoms with Crippen molar-refractivity contribution in [2.24, 2.45) is 5.92 Å². The van der Waals surface area contributed by atoms with Crippen LogP contribution in [0.1, 0.15) is 362 Å². The van der Waals surface area contributed by atoms with Crippen LogP contribution in [0.4, 0.5) is 0 Å². The molecule has 0 aliphatic heterocycles. The highest BCUT2D eigenvalue weighted by molar-refractivity contribution is 5.70. The minimum atomic E-state index is -0.566. The molecule has 68 heavy (non-hydrogen) atoms. The van der Waals surface area contributed by atoms with Crippen molar-refractivity contribution in [3.05, 3.63) is 24.3 Å². The molecule has 4 heteroatoms. The first-order valence-electron chi connectivity index (χ1n) is 31.2. The summed E-state index contributed by atoms with van der Waals surface area (Å²) in [6, 6.07) is 0. The van der Waals surface area contributed by atoms with E-state index in [0.29, 0.717) is 13.0 Å². The fourth-order valence-corrected chi connectivity index (χ4v) is 9.45. The van der Waals surface area contributed by atoms with Gasteiger partial charge >= 0.3 is 11.9 Å². The number of esters is 1. The van der Waals surface area contributed by atoms with Gasteiger partial charge in [-0.15, -0.1) is 0 Å². The topological polar surface area (TPSA) is 63.6 Å². The molecule has 0 aliphatic rings. The monoisotopic (exact) mass is 957 g/mol. The zero-order valence-corrected chi connectivity index (χ0v) is 47.0. The van der Waals surface area contributed by atoms with Gasteiger partial charge in [-0.3, -0.25) is 9.59 Å². The lowest BCUT2D eigenvalue weighted by Crippen LogP contribution is -2.13. The van der Waals surface area contributed by atoms with Crippen LogP contribution in [0.2, 0.25) is 0 Å². The van der Waals surface area contributed by atoms with Crippen LogP contribution < -0.4 is 0 Å². The lowest BCUT2D eigenvalue weighted by atomic mass is 9.94. The van der Waals surface area contributed by atoms with E-state index in [-0.39, 0.29) is 11.9 Å². The molecule has 0 rings (SSSR count). The van der Waals surface area contributed by atoms with Gasteiger partial charge in [0, 0.05) is 6.42 Å². The second-order valence-electron chi connectivity index (χ2n) is 21.2. The predicted molar refractivity (Wildman–Crippen MR) is 303 cm³/mol. The zero-order valence-electron chi connectivity index (χ0n) is 47.0. The second kappa shape index (κ2) is 63.4. The predicted octanol–water partition coefficient (Wildman–Crippen LogP) is 22.7. The maximum Gasteiger partial charge on any atom is 0.306 e. The van der Waals surface area contributed by atoms with Gasteiger partial charge in [0.2, 0.25) is 0 Å². The van der Waals surface area contributed by atoms with Gasteiger partial charge < -0.3 is 9.84 Å². The van der Waals surface area contributed by atoms with E-state index in [1.54, 1.807) is 0 Å². The molecule has 0 bridgehead atoms. The Balaban J connectivity index is 0. The molecule has 0 aromatic heterocycles. The van der Waals surface area contributed by atoms with Crippen LogP contribution in [-0.4, -0.2) is 23.7 Å². The molecule has 1 N–H and O–H groups in total. The lowest BCUT2D eigenvalue weighted by molar-refractivity contribution is -0.144. The number of hydrogen-bond acceptors (Lipinski definition) is 3. The highest BCUT2D eigenvalue weighted by atomic mass is 16.5. The molecular weight excluding hydrogens is 833 g/mol. The number of allylic oxidation sites excluding steroid dienone is 4. The summed E-state index contributed by atoms with van der Waals surface area (Å²) in [6.07, 6.45) is 76.3. The maximum atomic E-state index is 11.8. The van der Waals surface area contributed by atoms with Crippen LogP contribution in [0.15, 0.2) is 24.3 Å². The largest absolute Gasteiger partial charge is 0.481 e. The summed E-state index contributed by atoms with van der Waals surface area (Å²) in [4.78, 5) is 23.4. The van der Waals surface area contributed by atoms with E-state index in [1.165, 1.54) is 289 Å². The summed E-state index contributed by atoms with van der Waals surface area (Å²) in [7, 11) is 0. The Labute approximate surface area is 428 Å². The summed E-state index contributed by atoms with van der Waals surface area (Å²) < 4.78 is 5.40. The molecule has 0 spiro atoms. The van der Waals surface area contributed by atoms with E-state index in [0.717, 1.165) is 38.5 Å². The van der Waals surface area contributed by atoms with Gasteiger partial charge in [-0.05, 0) is 77.0 Å². The maximum absolute atomic E-state index is 11.8. The molecule has 0 amide bonds. The molecule has 0 heterocycles. The minimum Gasteiger partial charge on any atom is -0.481 e. The number of carboxylic acid groups (broad SMARTS) is 1. The molecule has 0 saturated heterocycles. The second-order valence-corrected chi connectivity index (χ2v) is 21.2. The number of carbonyl (C=O) groups is 2. The van der Waals surface area contributed by atoms with E-state index in [9.17, 15) is 14.7 Å². The van der Waals surface area contributed by atoms with Crippen molar-refractivity contribution in [1.82, 2.24) is 0 Å². The zero-order chi connectivity index (χ0) is 49.7. The van der Waals surface area contributed by atoms with E-state index in [4.69, 9.17) is 4.74 Å². The Hall–Kier alpha value is -1.58. The highest BCUT2D eigenvalue weighted by Crippen LogP contribution is 2.21. The van der Waals surface area contributed by atoms with Crippen molar-refractivity contribution in [2.45, 2.75) is 362 Å². The van der Waals surface area contributed by atoms with Crippen molar-refractivity contribution >= 4 is 11.9 Å². The molecule has 0 fully saturated rings. The van der Waals surface area contributed by atoms with Gasteiger partial charge in [0.25, 0.3) is 0 Å². The molecule has 0 aliphatic carbocycles. The Morgan fingerprint density at radius 1 is 0.324 bits per heavy atom. The van der Waals surface area contributed by atoms with Crippen LogP contribution in [0.25, 0.3) is 0 Å². The average Bonchev–Trinajstić information content (AvgIpc) is 3.34. The first-order valence-corrected chi connectivity index (χ1v) is 31.2. The van der Waals surface area contributed by atoms with Gasteiger partial charge in [-0.25, -0.2) is 0 Å². The SMILES string of the molecule is CCCCCCCC/C=C\CCCCCCCCC(CCCCCCCCCCCC)C(=O)O.CCCCCCCC/C=C\CCCCCCCCOC(=O)CCCCCCCCCCCCC. The van der Waals surface area contributed by atoms with Gasteiger partial charge in [-0.1, -0.05) is 302 Å². The summed E-state index contributed by atoms with van der Waals surface area (Å²) in [5, 5.41) is 9.54. The van der Waals surface area contributed by atoms with Crippen LogP contribution in [0.5, 0.6) is 0 Å². The Kier molecular flexibility index (Phi) is 63.9. The normalized spacial score (nSPS) is 12.0. The fraction of sp³-hybridized carbons (Fsp3) is 0.906. The van der Waals surface area contributed by atoms with Crippen LogP contribution in [0, 0.1) is 5.92 Å². The van der Waals surface area contributed by atoms with E-state index in [1.807, 2.05) is 0 Å². The molecule has 0 saturated carbocycles. The quantitative estimate of drug-likeness (QED) is 0.0375. The van der Waals surface area contributed by atoms with Crippen molar-refractivity contribution in [1.29, 1.82) is 0 Å². The number of rotatable bonds is 56. The summed E-state index contributed by atoms with van der Waals surface area (Å²) >= 11 is 0. The number of ether oxygens (including phenoxy) is 1. The summed E-state index contributed by atoms with van der Waals surface area (Å²) in [5.41, 5.74) is 0. The number of aliphatic carboxylic acids is 1. The average molecular weight is 958 g/mol. The Morgan fingerprint density at radius 3 is 0.838 bits per heavy atom. The molecule has 404 valence electrons. The van der Waals surface area contributed by atoms with Crippen LogP contribution >= 0.6 is 0 Å². The van der Waals surface area contributed by atoms with Crippen molar-refractivity contribution < 1.29 is 19.4 Å². The first-order chi connectivity index (χ1) is 33.5. The Bertz CT molecular complexity index is 1000. The van der Waals surface area contributed by atoms with Gasteiger partial charge in [0.05, 0.1) is 12.5 Å². The van der Waals surface area contributed by atoms with Crippen molar-refractivity contribution in [3.8, 4) is 0 Å².